The average molecular weight is 315 g/mol. The Morgan fingerprint density at radius 1 is 1.39 bits per heavy atom. The Morgan fingerprint density at radius 2 is 2.13 bits per heavy atom. The third kappa shape index (κ3) is 5.12. The molecular weight excluding hydrogens is 286 g/mol. The molecule has 23 heavy (non-hydrogen) atoms. The first-order valence-corrected chi connectivity index (χ1v) is 8.65. The van der Waals surface area contributed by atoms with Crippen molar-refractivity contribution < 1.29 is 9.53 Å². The maximum atomic E-state index is 12.7. The van der Waals surface area contributed by atoms with Crippen molar-refractivity contribution in [3.8, 4) is 5.75 Å². The van der Waals surface area contributed by atoms with Gasteiger partial charge < -0.3 is 9.64 Å². The average Bonchev–Trinajstić information content (AvgIpc) is 3.36. The molecule has 1 unspecified atom stereocenters. The molecule has 0 heterocycles. The zero-order valence-electron chi connectivity index (χ0n) is 14.8. The maximum absolute atomic E-state index is 12.7. The van der Waals surface area contributed by atoms with Gasteiger partial charge in [0.25, 0.3) is 0 Å². The van der Waals surface area contributed by atoms with Crippen molar-refractivity contribution in [2.75, 3.05) is 13.7 Å². The third-order valence-corrected chi connectivity index (χ3v) is 4.35. The van der Waals surface area contributed by atoms with Crippen LogP contribution in [0.2, 0.25) is 0 Å². The van der Waals surface area contributed by atoms with Crippen LogP contribution in [0.5, 0.6) is 5.75 Å². The monoisotopic (exact) mass is 315 g/mol. The van der Waals surface area contributed by atoms with Gasteiger partial charge in [-0.3, -0.25) is 4.79 Å². The van der Waals surface area contributed by atoms with Crippen LogP contribution >= 0.6 is 0 Å². The predicted molar refractivity (Wildman–Crippen MR) is 94.8 cm³/mol. The Bertz CT molecular complexity index is 557. The Balaban J connectivity index is 2.01. The summed E-state index contributed by atoms with van der Waals surface area (Å²) in [4.78, 5) is 14.6. The van der Waals surface area contributed by atoms with Crippen LogP contribution in [0.25, 0.3) is 0 Å². The second kappa shape index (κ2) is 8.19. The summed E-state index contributed by atoms with van der Waals surface area (Å²) in [7, 11) is 1.93. The number of hydrogen-bond acceptors (Lipinski definition) is 2. The van der Waals surface area contributed by atoms with Crippen LogP contribution in [0.15, 0.2) is 35.9 Å². The van der Waals surface area contributed by atoms with E-state index in [1.54, 1.807) is 0 Å². The Kier molecular flexibility index (Phi) is 6.26. The highest BCUT2D eigenvalue weighted by molar-refractivity contribution is 5.84. The fourth-order valence-corrected chi connectivity index (χ4v) is 2.79. The summed E-state index contributed by atoms with van der Waals surface area (Å²) in [5, 5.41) is 0. The van der Waals surface area contributed by atoms with Gasteiger partial charge in [-0.25, -0.2) is 0 Å². The number of likely N-dealkylation sites (N-methyl/N-ethyl adjacent to an activating group) is 1. The number of hydrogen-bond donors (Lipinski definition) is 0. The number of ether oxygens (including phenoxy) is 1. The fraction of sp³-hybridized carbons (Fsp3) is 0.550. The van der Waals surface area contributed by atoms with Gasteiger partial charge in [-0.2, -0.15) is 0 Å². The van der Waals surface area contributed by atoms with Crippen molar-refractivity contribution in [2.24, 2.45) is 0 Å². The van der Waals surface area contributed by atoms with Crippen molar-refractivity contribution >= 4 is 5.91 Å². The lowest BCUT2D eigenvalue weighted by atomic mass is 9.95. The Labute approximate surface area is 140 Å². The lowest BCUT2D eigenvalue weighted by molar-refractivity contribution is -0.132. The summed E-state index contributed by atoms with van der Waals surface area (Å²) < 4.78 is 5.82. The van der Waals surface area contributed by atoms with Crippen LogP contribution in [-0.4, -0.2) is 30.5 Å². The largest absolute Gasteiger partial charge is 0.493 e. The molecule has 0 bridgehead atoms. The number of benzene rings is 1. The molecule has 0 aromatic heterocycles. The number of amides is 1. The van der Waals surface area contributed by atoms with Gasteiger partial charge in [0.05, 0.1) is 12.5 Å². The lowest BCUT2D eigenvalue weighted by Gasteiger charge is -2.23. The molecule has 1 atom stereocenters. The predicted octanol–water partition coefficient (Wildman–Crippen LogP) is 4.54. The minimum atomic E-state index is -0.0677. The van der Waals surface area contributed by atoms with E-state index in [9.17, 15) is 4.79 Å². The minimum Gasteiger partial charge on any atom is -0.493 e. The van der Waals surface area contributed by atoms with E-state index < -0.39 is 0 Å². The Morgan fingerprint density at radius 3 is 2.74 bits per heavy atom. The molecule has 1 aliphatic rings. The molecule has 0 saturated heterocycles. The first kappa shape index (κ1) is 17.6. The number of carbonyl (C=O) groups excluding carboxylic acids is 1. The normalized spacial score (nSPS) is 15.0. The highest BCUT2D eigenvalue weighted by Gasteiger charge is 2.33. The second-order valence-electron chi connectivity index (χ2n) is 6.63. The van der Waals surface area contributed by atoms with E-state index >= 15 is 0 Å². The first-order valence-electron chi connectivity index (χ1n) is 8.65. The second-order valence-corrected chi connectivity index (χ2v) is 6.63. The van der Waals surface area contributed by atoms with E-state index in [-0.39, 0.29) is 11.8 Å². The molecule has 3 heteroatoms. The SMILES string of the molecule is CCC(C(=O)N(C)C1CC1)c1cccc(OCCC=C(C)C)c1. The zero-order chi connectivity index (χ0) is 16.8. The number of rotatable bonds is 8. The number of carbonyl (C=O) groups is 1. The summed E-state index contributed by atoms with van der Waals surface area (Å²) in [6.07, 6.45) is 6.19. The summed E-state index contributed by atoms with van der Waals surface area (Å²) in [5.74, 6) is 1.02. The van der Waals surface area contributed by atoms with Gasteiger partial charge in [0.15, 0.2) is 0 Å². The van der Waals surface area contributed by atoms with Crippen molar-refractivity contribution in [3.63, 3.8) is 0 Å². The van der Waals surface area contributed by atoms with Gasteiger partial charge in [0, 0.05) is 13.1 Å². The molecule has 0 spiro atoms. The van der Waals surface area contributed by atoms with Crippen molar-refractivity contribution in [2.45, 2.75) is 58.4 Å². The van der Waals surface area contributed by atoms with Crippen molar-refractivity contribution in [1.82, 2.24) is 4.90 Å². The molecule has 1 fully saturated rings. The number of allylic oxidation sites excluding steroid dienone is 1. The van der Waals surface area contributed by atoms with E-state index in [1.807, 2.05) is 36.2 Å². The topological polar surface area (TPSA) is 29.5 Å². The highest BCUT2D eigenvalue weighted by atomic mass is 16.5. The molecule has 1 saturated carbocycles. The van der Waals surface area contributed by atoms with Crippen molar-refractivity contribution in [1.29, 1.82) is 0 Å². The summed E-state index contributed by atoms with van der Waals surface area (Å²) in [6.45, 7) is 6.93. The van der Waals surface area contributed by atoms with Crippen LogP contribution in [0.4, 0.5) is 0 Å². The fourth-order valence-electron chi connectivity index (χ4n) is 2.79. The van der Waals surface area contributed by atoms with Crippen LogP contribution in [0.1, 0.15) is 57.9 Å². The molecule has 0 radical (unpaired) electrons. The summed E-state index contributed by atoms with van der Waals surface area (Å²) in [5.41, 5.74) is 2.37. The van der Waals surface area contributed by atoms with E-state index in [4.69, 9.17) is 4.74 Å². The standard InChI is InChI=1S/C20H29NO2/c1-5-19(20(22)21(4)17-11-12-17)16-9-6-10-18(14-16)23-13-7-8-15(2)3/h6,8-10,14,17,19H,5,7,11-13H2,1-4H3. The highest BCUT2D eigenvalue weighted by Crippen LogP contribution is 2.31. The smallest absolute Gasteiger partial charge is 0.230 e. The van der Waals surface area contributed by atoms with Crippen LogP contribution < -0.4 is 4.74 Å². The van der Waals surface area contributed by atoms with E-state index in [1.165, 1.54) is 5.57 Å². The molecule has 3 nitrogen and oxygen atoms in total. The maximum Gasteiger partial charge on any atom is 0.230 e. The van der Waals surface area contributed by atoms with E-state index in [0.717, 1.165) is 37.0 Å². The van der Waals surface area contributed by atoms with Gasteiger partial charge in [-0.05, 0) is 57.2 Å². The third-order valence-electron chi connectivity index (χ3n) is 4.35. The van der Waals surface area contributed by atoms with Gasteiger partial charge in [0.2, 0.25) is 5.91 Å². The van der Waals surface area contributed by atoms with E-state index in [0.29, 0.717) is 12.6 Å². The Hall–Kier alpha value is -1.77. The first-order chi connectivity index (χ1) is 11.0. The summed E-state index contributed by atoms with van der Waals surface area (Å²) in [6, 6.07) is 8.47. The molecule has 0 N–H and O–H groups in total. The minimum absolute atomic E-state index is 0.0677. The van der Waals surface area contributed by atoms with Crippen LogP contribution in [0, 0.1) is 0 Å². The zero-order valence-corrected chi connectivity index (χ0v) is 14.8. The summed E-state index contributed by atoms with van der Waals surface area (Å²) >= 11 is 0. The van der Waals surface area contributed by atoms with Crippen LogP contribution in [0.3, 0.4) is 0 Å². The lowest BCUT2D eigenvalue weighted by Crippen LogP contribution is -2.33. The molecule has 126 valence electrons. The molecule has 1 aromatic carbocycles. The molecule has 0 aliphatic heterocycles. The molecule has 2 rings (SSSR count). The van der Waals surface area contributed by atoms with Gasteiger partial charge in [-0.1, -0.05) is 30.7 Å². The molecule has 1 amide bonds. The van der Waals surface area contributed by atoms with Gasteiger partial charge in [0.1, 0.15) is 5.75 Å². The van der Waals surface area contributed by atoms with Crippen LogP contribution in [-0.2, 0) is 4.79 Å². The molecule has 1 aliphatic carbocycles. The molecular formula is C20H29NO2. The quantitative estimate of drug-likeness (QED) is 0.521. The van der Waals surface area contributed by atoms with Gasteiger partial charge in [-0.15, -0.1) is 0 Å². The number of nitrogens with zero attached hydrogens (tertiary/aromatic N) is 1. The molecule has 1 aromatic rings. The van der Waals surface area contributed by atoms with Crippen molar-refractivity contribution in [3.05, 3.63) is 41.5 Å². The van der Waals surface area contributed by atoms with Gasteiger partial charge >= 0.3 is 0 Å². The van der Waals surface area contributed by atoms with E-state index in [2.05, 4.69) is 26.8 Å².